The average molecular weight is 225 g/mol. The van der Waals surface area contributed by atoms with Gasteiger partial charge in [0.1, 0.15) is 0 Å². The van der Waals surface area contributed by atoms with Crippen LogP contribution in [-0.2, 0) is 4.74 Å². The number of rotatable bonds is 4. The predicted molar refractivity (Wildman–Crippen MR) is 67.6 cm³/mol. The van der Waals surface area contributed by atoms with Crippen molar-refractivity contribution in [3.8, 4) is 0 Å². The lowest BCUT2D eigenvalue weighted by molar-refractivity contribution is 0.0371. The van der Waals surface area contributed by atoms with Crippen LogP contribution < -0.4 is 5.32 Å². The maximum absolute atomic E-state index is 5.94. The van der Waals surface area contributed by atoms with Crippen LogP contribution in [0.4, 0.5) is 0 Å². The van der Waals surface area contributed by atoms with Gasteiger partial charge in [0.2, 0.25) is 0 Å². The minimum atomic E-state index is 0.249. The molecule has 2 fully saturated rings. The summed E-state index contributed by atoms with van der Waals surface area (Å²) in [6.45, 7) is 10.1. The molecule has 0 aromatic heterocycles. The third-order valence-electron chi connectivity index (χ3n) is 3.93. The Morgan fingerprint density at radius 1 is 1.25 bits per heavy atom. The molecule has 2 rings (SSSR count). The number of hydrogen-bond acceptors (Lipinski definition) is 2. The molecule has 2 nitrogen and oxygen atoms in total. The normalized spacial score (nSPS) is 33.0. The first-order valence-corrected chi connectivity index (χ1v) is 6.79. The van der Waals surface area contributed by atoms with Crippen LogP contribution in [0, 0.1) is 5.41 Å². The third kappa shape index (κ3) is 3.46. The average Bonchev–Trinajstić information content (AvgIpc) is 2.80. The van der Waals surface area contributed by atoms with Gasteiger partial charge in [0.25, 0.3) is 0 Å². The second kappa shape index (κ2) is 4.30. The van der Waals surface area contributed by atoms with Crippen molar-refractivity contribution in [1.29, 1.82) is 0 Å². The molecule has 0 spiro atoms. The van der Waals surface area contributed by atoms with Gasteiger partial charge in [-0.2, -0.15) is 0 Å². The van der Waals surface area contributed by atoms with Crippen LogP contribution in [0.2, 0.25) is 0 Å². The second-order valence-corrected chi connectivity index (χ2v) is 6.95. The van der Waals surface area contributed by atoms with Gasteiger partial charge in [0.15, 0.2) is 0 Å². The van der Waals surface area contributed by atoms with E-state index in [1.54, 1.807) is 0 Å². The van der Waals surface area contributed by atoms with Crippen molar-refractivity contribution >= 4 is 0 Å². The molecule has 94 valence electrons. The van der Waals surface area contributed by atoms with Crippen LogP contribution in [0.1, 0.15) is 59.8 Å². The van der Waals surface area contributed by atoms with E-state index in [9.17, 15) is 0 Å². The van der Waals surface area contributed by atoms with Crippen molar-refractivity contribution in [3.05, 3.63) is 0 Å². The van der Waals surface area contributed by atoms with Gasteiger partial charge in [-0.15, -0.1) is 0 Å². The van der Waals surface area contributed by atoms with E-state index in [0.717, 1.165) is 0 Å². The molecule has 1 saturated carbocycles. The molecule has 1 N–H and O–H groups in total. The molecular formula is C14H27NO. The zero-order valence-corrected chi connectivity index (χ0v) is 11.3. The Labute approximate surface area is 100 Å². The van der Waals surface area contributed by atoms with E-state index in [-0.39, 0.29) is 5.54 Å². The van der Waals surface area contributed by atoms with E-state index in [2.05, 4.69) is 33.0 Å². The first-order valence-electron chi connectivity index (χ1n) is 6.79. The van der Waals surface area contributed by atoms with Crippen molar-refractivity contribution in [2.24, 2.45) is 5.41 Å². The second-order valence-electron chi connectivity index (χ2n) is 6.95. The highest BCUT2D eigenvalue weighted by Crippen LogP contribution is 2.50. The molecule has 1 aliphatic heterocycles. The molecule has 1 aliphatic carbocycles. The first kappa shape index (κ1) is 12.4. The first-order chi connectivity index (χ1) is 7.39. The summed E-state index contributed by atoms with van der Waals surface area (Å²) >= 11 is 0. The van der Waals surface area contributed by atoms with Gasteiger partial charge < -0.3 is 10.1 Å². The fourth-order valence-electron chi connectivity index (χ4n) is 2.60. The van der Waals surface area contributed by atoms with E-state index in [1.807, 2.05) is 0 Å². The van der Waals surface area contributed by atoms with Gasteiger partial charge in [-0.1, -0.05) is 0 Å². The maximum Gasteiger partial charge on any atom is 0.0585 e. The monoisotopic (exact) mass is 225 g/mol. The fourth-order valence-corrected chi connectivity index (χ4v) is 2.60. The van der Waals surface area contributed by atoms with Crippen LogP contribution in [0.25, 0.3) is 0 Å². The number of ether oxygens (including phenoxy) is 1. The van der Waals surface area contributed by atoms with Crippen molar-refractivity contribution in [2.75, 3.05) is 6.54 Å². The van der Waals surface area contributed by atoms with Gasteiger partial charge in [-0.25, -0.2) is 0 Å². The van der Waals surface area contributed by atoms with Crippen LogP contribution in [0.3, 0.4) is 0 Å². The summed E-state index contributed by atoms with van der Waals surface area (Å²) in [5.41, 5.74) is 0.821. The van der Waals surface area contributed by atoms with Gasteiger partial charge >= 0.3 is 0 Å². The Morgan fingerprint density at radius 2 is 1.94 bits per heavy atom. The molecule has 0 amide bonds. The minimum Gasteiger partial charge on any atom is -0.375 e. The molecule has 16 heavy (non-hydrogen) atoms. The lowest BCUT2D eigenvalue weighted by Gasteiger charge is -2.26. The van der Waals surface area contributed by atoms with Crippen LogP contribution in [0.15, 0.2) is 0 Å². The standard InChI is InChI=1S/C14H27NO/c1-11-5-6-12(16-11)9-14(7-8-14)10-15-13(2,3)4/h11-12,15H,5-10H2,1-4H3. The molecule has 1 heterocycles. The molecule has 2 atom stereocenters. The molecule has 2 aliphatic rings. The Bertz CT molecular complexity index is 240. The van der Waals surface area contributed by atoms with E-state index < -0.39 is 0 Å². The van der Waals surface area contributed by atoms with Gasteiger partial charge in [-0.3, -0.25) is 0 Å². The van der Waals surface area contributed by atoms with Crippen LogP contribution in [0.5, 0.6) is 0 Å². The topological polar surface area (TPSA) is 21.3 Å². The van der Waals surface area contributed by atoms with E-state index >= 15 is 0 Å². The zero-order chi connectivity index (χ0) is 11.8. The Hall–Kier alpha value is -0.0800. The Morgan fingerprint density at radius 3 is 2.38 bits per heavy atom. The Kier molecular flexibility index (Phi) is 3.33. The zero-order valence-electron chi connectivity index (χ0n) is 11.3. The maximum atomic E-state index is 5.94. The predicted octanol–water partition coefficient (Wildman–Crippen LogP) is 3.11. The highest BCUT2D eigenvalue weighted by atomic mass is 16.5. The van der Waals surface area contributed by atoms with E-state index in [4.69, 9.17) is 4.74 Å². The number of hydrogen-bond donors (Lipinski definition) is 1. The summed E-state index contributed by atoms with van der Waals surface area (Å²) in [5.74, 6) is 0. The molecule has 0 aromatic rings. The van der Waals surface area contributed by atoms with Crippen molar-refractivity contribution in [3.63, 3.8) is 0 Å². The molecular weight excluding hydrogens is 198 g/mol. The van der Waals surface area contributed by atoms with Crippen LogP contribution >= 0.6 is 0 Å². The smallest absolute Gasteiger partial charge is 0.0585 e. The molecule has 0 radical (unpaired) electrons. The van der Waals surface area contributed by atoms with Crippen LogP contribution in [-0.4, -0.2) is 24.3 Å². The fraction of sp³-hybridized carbons (Fsp3) is 1.00. The highest BCUT2D eigenvalue weighted by molar-refractivity contribution is 4.98. The van der Waals surface area contributed by atoms with E-state index in [1.165, 1.54) is 38.6 Å². The molecule has 2 heteroatoms. The van der Waals surface area contributed by atoms with Crippen molar-refractivity contribution in [1.82, 2.24) is 5.32 Å². The minimum absolute atomic E-state index is 0.249. The molecule has 1 saturated heterocycles. The quantitative estimate of drug-likeness (QED) is 0.794. The van der Waals surface area contributed by atoms with Gasteiger partial charge in [0.05, 0.1) is 12.2 Å². The summed E-state index contributed by atoms with van der Waals surface area (Å²) < 4.78 is 5.94. The SMILES string of the molecule is CC1CCC(CC2(CNC(C)(C)C)CC2)O1. The molecule has 0 bridgehead atoms. The third-order valence-corrected chi connectivity index (χ3v) is 3.93. The largest absolute Gasteiger partial charge is 0.375 e. The Balaban J connectivity index is 1.76. The summed E-state index contributed by atoms with van der Waals surface area (Å²) in [7, 11) is 0. The summed E-state index contributed by atoms with van der Waals surface area (Å²) in [6, 6.07) is 0. The highest BCUT2D eigenvalue weighted by Gasteiger charge is 2.45. The van der Waals surface area contributed by atoms with Gasteiger partial charge in [-0.05, 0) is 65.2 Å². The molecule has 0 aromatic carbocycles. The van der Waals surface area contributed by atoms with Crippen molar-refractivity contribution < 1.29 is 4.74 Å². The van der Waals surface area contributed by atoms with Gasteiger partial charge in [0, 0.05) is 12.1 Å². The summed E-state index contributed by atoms with van der Waals surface area (Å²) in [6.07, 6.45) is 7.64. The van der Waals surface area contributed by atoms with Crippen molar-refractivity contribution in [2.45, 2.75) is 77.5 Å². The lowest BCUT2D eigenvalue weighted by Crippen LogP contribution is -2.40. The summed E-state index contributed by atoms with van der Waals surface area (Å²) in [5, 5.41) is 3.65. The molecule has 2 unspecified atom stereocenters. The van der Waals surface area contributed by atoms with E-state index in [0.29, 0.717) is 17.6 Å². The summed E-state index contributed by atoms with van der Waals surface area (Å²) in [4.78, 5) is 0. The lowest BCUT2D eigenvalue weighted by atomic mass is 9.95. The number of nitrogens with one attached hydrogen (secondary N) is 1.